The Morgan fingerprint density at radius 1 is 1.38 bits per heavy atom. The molecule has 21 heavy (non-hydrogen) atoms. The van der Waals surface area contributed by atoms with Crippen LogP contribution in [0.5, 0.6) is 0 Å². The highest BCUT2D eigenvalue weighted by Gasteiger charge is 2.26. The van der Waals surface area contributed by atoms with Gasteiger partial charge in [0, 0.05) is 19.6 Å². The van der Waals surface area contributed by atoms with Crippen molar-refractivity contribution in [2.45, 2.75) is 31.8 Å². The van der Waals surface area contributed by atoms with Crippen LogP contribution in [0.4, 0.5) is 0 Å². The number of hydrogen-bond donors (Lipinski definition) is 1. The summed E-state index contributed by atoms with van der Waals surface area (Å²) in [6.07, 6.45) is 6.12. The first-order valence-corrected chi connectivity index (χ1v) is 7.61. The van der Waals surface area contributed by atoms with Gasteiger partial charge in [-0.1, -0.05) is 5.21 Å². The molecule has 0 amide bonds. The van der Waals surface area contributed by atoms with Crippen molar-refractivity contribution >= 4 is 0 Å². The number of aryl methyl sites for hydroxylation is 1. The van der Waals surface area contributed by atoms with Gasteiger partial charge in [-0.05, 0) is 45.0 Å². The molecule has 1 N–H and O–H groups in total. The van der Waals surface area contributed by atoms with Crippen molar-refractivity contribution in [3.05, 3.63) is 36.0 Å². The molecule has 1 aliphatic rings. The molecular weight excluding hydrogens is 266 g/mol. The summed E-state index contributed by atoms with van der Waals surface area (Å²) in [6, 6.07) is 4.55. The third-order valence-corrected chi connectivity index (χ3v) is 4.26. The second-order valence-corrected chi connectivity index (χ2v) is 5.69. The lowest BCUT2D eigenvalue weighted by Gasteiger charge is -2.27. The van der Waals surface area contributed by atoms with E-state index in [-0.39, 0.29) is 6.04 Å². The predicted molar refractivity (Wildman–Crippen MR) is 79.7 cm³/mol. The van der Waals surface area contributed by atoms with E-state index in [1.54, 1.807) is 6.26 Å². The number of rotatable bonds is 6. The van der Waals surface area contributed by atoms with Crippen molar-refractivity contribution in [1.82, 2.24) is 25.2 Å². The molecule has 2 atom stereocenters. The summed E-state index contributed by atoms with van der Waals surface area (Å²) >= 11 is 0. The molecule has 6 heteroatoms. The predicted octanol–water partition coefficient (Wildman–Crippen LogP) is 1.90. The van der Waals surface area contributed by atoms with E-state index in [0.717, 1.165) is 31.1 Å². The smallest absolute Gasteiger partial charge is 0.122 e. The van der Waals surface area contributed by atoms with Crippen LogP contribution in [-0.4, -0.2) is 39.5 Å². The maximum absolute atomic E-state index is 5.64. The SMILES string of the molecule is CC(NCC(c1ccco1)N1CCCC1)c1cnnn1C. The summed E-state index contributed by atoms with van der Waals surface area (Å²) in [5, 5.41) is 11.5. The van der Waals surface area contributed by atoms with Gasteiger partial charge in [0.25, 0.3) is 0 Å². The Balaban J connectivity index is 1.66. The molecule has 0 saturated carbocycles. The van der Waals surface area contributed by atoms with E-state index in [1.165, 1.54) is 12.8 Å². The van der Waals surface area contributed by atoms with E-state index >= 15 is 0 Å². The highest BCUT2D eigenvalue weighted by molar-refractivity contribution is 5.07. The summed E-state index contributed by atoms with van der Waals surface area (Å²) in [5.74, 6) is 1.04. The fourth-order valence-electron chi connectivity index (χ4n) is 3.03. The Kier molecular flexibility index (Phi) is 4.36. The third-order valence-electron chi connectivity index (χ3n) is 4.26. The van der Waals surface area contributed by atoms with Crippen molar-refractivity contribution in [2.75, 3.05) is 19.6 Å². The van der Waals surface area contributed by atoms with Gasteiger partial charge in [0.15, 0.2) is 0 Å². The van der Waals surface area contributed by atoms with Crippen LogP contribution in [0.15, 0.2) is 29.0 Å². The van der Waals surface area contributed by atoms with Crippen LogP contribution in [0.25, 0.3) is 0 Å². The molecular formula is C15H23N5O. The topological polar surface area (TPSA) is 59.1 Å². The molecule has 2 aromatic heterocycles. The highest BCUT2D eigenvalue weighted by Crippen LogP contribution is 2.25. The number of nitrogens with one attached hydrogen (secondary N) is 1. The molecule has 1 saturated heterocycles. The van der Waals surface area contributed by atoms with Gasteiger partial charge in [-0.2, -0.15) is 0 Å². The molecule has 1 fully saturated rings. The first kappa shape index (κ1) is 14.3. The summed E-state index contributed by atoms with van der Waals surface area (Å²) < 4.78 is 7.46. The zero-order valence-electron chi connectivity index (χ0n) is 12.7. The summed E-state index contributed by atoms with van der Waals surface area (Å²) in [4.78, 5) is 2.50. The van der Waals surface area contributed by atoms with Gasteiger partial charge >= 0.3 is 0 Å². The average molecular weight is 289 g/mol. The largest absolute Gasteiger partial charge is 0.468 e. The van der Waals surface area contributed by atoms with Gasteiger partial charge in [-0.3, -0.25) is 9.58 Å². The minimum absolute atomic E-state index is 0.213. The molecule has 114 valence electrons. The quantitative estimate of drug-likeness (QED) is 0.880. The molecule has 6 nitrogen and oxygen atoms in total. The molecule has 0 spiro atoms. The molecule has 3 rings (SSSR count). The van der Waals surface area contributed by atoms with Crippen LogP contribution in [0.2, 0.25) is 0 Å². The van der Waals surface area contributed by atoms with Gasteiger partial charge in [-0.15, -0.1) is 5.10 Å². The number of hydrogen-bond acceptors (Lipinski definition) is 5. The second kappa shape index (κ2) is 6.41. The third kappa shape index (κ3) is 3.16. The minimum Gasteiger partial charge on any atom is -0.468 e. The van der Waals surface area contributed by atoms with Crippen molar-refractivity contribution in [2.24, 2.45) is 7.05 Å². The lowest BCUT2D eigenvalue weighted by atomic mass is 10.1. The highest BCUT2D eigenvalue weighted by atomic mass is 16.3. The first-order valence-electron chi connectivity index (χ1n) is 7.61. The monoisotopic (exact) mass is 289 g/mol. The van der Waals surface area contributed by atoms with Gasteiger partial charge < -0.3 is 9.73 Å². The molecule has 0 aliphatic carbocycles. The maximum atomic E-state index is 5.64. The lowest BCUT2D eigenvalue weighted by molar-refractivity contribution is 0.205. The summed E-state index contributed by atoms with van der Waals surface area (Å²) in [5.41, 5.74) is 1.09. The van der Waals surface area contributed by atoms with Crippen LogP contribution in [0, 0.1) is 0 Å². The zero-order valence-corrected chi connectivity index (χ0v) is 12.7. The van der Waals surface area contributed by atoms with Crippen molar-refractivity contribution in [3.63, 3.8) is 0 Å². The van der Waals surface area contributed by atoms with E-state index in [1.807, 2.05) is 24.0 Å². The van der Waals surface area contributed by atoms with E-state index in [9.17, 15) is 0 Å². The fraction of sp³-hybridized carbons (Fsp3) is 0.600. The van der Waals surface area contributed by atoms with E-state index in [4.69, 9.17) is 4.42 Å². The first-order chi connectivity index (χ1) is 10.3. The minimum atomic E-state index is 0.213. The molecule has 2 aromatic rings. The number of aromatic nitrogens is 3. The van der Waals surface area contributed by atoms with Crippen molar-refractivity contribution < 1.29 is 4.42 Å². The van der Waals surface area contributed by atoms with Crippen LogP contribution in [0.1, 0.15) is 43.3 Å². The Labute approximate surface area is 125 Å². The average Bonchev–Trinajstić information content (AvgIpc) is 3.21. The standard InChI is InChI=1S/C15H23N5O/c1-12(13-11-17-18-19(13)2)16-10-14(15-6-5-9-21-15)20-7-3-4-8-20/h5-6,9,11-12,14,16H,3-4,7-8,10H2,1-2H3. The van der Waals surface area contributed by atoms with E-state index in [0.29, 0.717) is 6.04 Å². The van der Waals surface area contributed by atoms with Crippen LogP contribution < -0.4 is 5.32 Å². The van der Waals surface area contributed by atoms with E-state index in [2.05, 4.69) is 33.5 Å². The van der Waals surface area contributed by atoms with Gasteiger partial charge in [0.1, 0.15) is 5.76 Å². The number of likely N-dealkylation sites (tertiary alicyclic amines) is 1. The van der Waals surface area contributed by atoms with Crippen molar-refractivity contribution in [1.29, 1.82) is 0 Å². The Morgan fingerprint density at radius 3 is 2.81 bits per heavy atom. The maximum Gasteiger partial charge on any atom is 0.122 e. The normalized spacial score (nSPS) is 19.0. The van der Waals surface area contributed by atoms with Crippen molar-refractivity contribution in [3.8, 4) is 0 Å². The second-order valence-electron chi connectivity index (χ2n) is 5.69. The van der Waals surface area contributed by atoms with Gasteiger partial charge in [-0.25, -0.2) is 0 Å². The molecule has 0 bridgehead atoms. The molecule has 1 aliphatic heterocycles. The zero-order chi connectivity index (χ0) is 14.7. The number of furan rings is 1. The fourth-order valence-corrected chi connectivity index (χ4v) is 3.03. The molecule has 3 heterocycles. The van der Waals surface area contributed by atoms with E-state index < -0.39 is 0 Å². The Bertz CT molecular complexity index is 544. The Hall–Kier alpha value is -1.66. The lowest BCUT2D eigenvalue weighted by Crippen LogP contribution is -2.35. The van der Waals surface area contributed by atoms with Gasteiger partial charge in [0.05, 0.1) is 24.2 Å². The molecule has 0 radical (unpaired) electrons. The molecule has 0 aromatic carbocycles. The van der Waals surface area contributed by atoms with Gasteiger partial charge in [0.2, 0.25) is 0 Å². The van der Waals surface area contributed by atoms with Crippen LogP contribution in [0.3, 0.4) is 0 Å². The summed E-state index contributed by atoms with van der Waals surface area (Å²) in [6.45, 7) is 5.30. The number of nitrogens with zero attached hydrogens (tertiary/aromatic N) is 4. The summed E-state index contributed by atoms with van der Waals surface area (Å²) in [7, 11) is 1.92. The Morgan fingerprint density at radius 2 is 2.19 bits per heavy atom. The van der Waals surface area contributed by atoms with Crippen LogP contribution >= 0.6 is 0 Å². The molecule has 2 unspecified atom stereocenters. The van der Waals surface area contributed by atoms with Crippen LogP contribution in [-0.2, 0) is 7.05 Å².